The Morgan fingerprint density at radius 3 is 2.28 bits per heavy atom. The van der Waals surface area contributed by atoms with E-state index in [2.05, 4.69) is 26.2 Å². The summed E-state index contributed by atoms with van der Waals surface area (Å²) in [6.07, 6.45) is 3.97. The van der Waals surface area contributed by atoms with Gasteiger partial charge in [0.2, 0.25) is 0 Å². The number of halogens is 3. The standard InChI is InChI=1S/C31H24F3N5/c32-23-13-14-24(33)29(34)27(23)30-22(18-35)26(20-9-11-21(12-10-20)39-15-5-2-6-16-39)28-25(37-38-31(28)36-30)17-19-7-3-1-4-8-19/h1,3-4,7-14H,2,5-6,15-17H2,(H,36,37,38). The Morgan fingerprint density at radius 2 is 1.56 bits per heavy atom. The van der Waals surface area contributed by atoms with Crippen LogP contribution in [-0.4, -0.2) is 28.3 Å². The first kappa shape index (κ1) is 24.7. The molecule has 0 atom stereocenters. The van der Waals surface area contributed by atoms with Crippen molar-refractivity contribution in [2.24, 2.45) is 0 Å². The van der Waals surface area contributed by atoms with E-state index in [0.29, 0.717) is 34.7 Å². The first-order valence-electron chi connectivity index (χ1n) is 12.9. The number of H-pyrrole nitrogens is 1. The molecule has 3 aromatic carbocycles. The second kappa shape index (κ2) is 10.3. The van der Waals surface area contributed by atoms with Gasteiger partial charge in [0, 0.05) is 36.5 Å². The number of aromatic nitrogens is 3. The molecule has 3 heterocycles. The predicted molar refractivity (Wildman–Crippen MR) is 145 cm³/mol. The molecule has 6 rings (SSSR count). The normalized spacial score (nSPS) is 13.5. The molecule has 0 spiro atoms. The van der Waals surface area contributed by atoms with Gasteiger partial charge in [-0.05, 0) is 54.7 Å². The number of anilines is 1. The lowest BCUT2D eigenvalue weighted by Gasteiger charge is -2.29. The van der Waals surface area contributed by atoms with Gasteiger partial charge < -0.3 is 4.90 Å². The molecule has 0 amide bonds. The van der Waals surface area contributed by atoms with E-state index in [9.17, 15) is 18.4 Å². The van der Waals surface area contributed by atoms with E-state index in [0.717, 1.165) is 43.2 Å². The Balaban J connectivity index is 1.59. The van der Waals surface area contributed by atoms with Crippen LogP contribution in [0.3, 0.4) is 0 Å². The van der Waals surface area contributed by atoms with Crippen molar-refractivity contribution in [1.29, 1.82) is 5.26 Å². The highest BCUT2D eigenvalue weighted by Crippen LogP contribution is 2.40. The van der Waals surface area contributed by atoms with Crippen LogP contribution in [0.1, 0.15) is 36.1 Å². The zero-order valence-corrected chi connectivity index (χ0v) is 21.0. The summed E-state index contributed by atoms with van der Waals surface area (Å²) in [7, 11) is 0. The Kier molecular flexibility index (Phi) is 6.49. The summed E-state index contributed by atoms with van der Waals surface area (Å²) in [5.41, 5.74) is 3.09. The molecule has 2 aromatic heterocycles. The van der Waals surface area contributed by atoms with E-state index in [1.165, 1.54) is 6.42 Å². The number of pyridine rings is 1. The number of fused-ring (bicyclic) bond motifs is 1. The molecule has 39 heavy (non-hydrogen) atoms. The summed E-state index contributed by atoms with van der Waals surface area (Å²) in [5.74, 6) is -3.63. The van der Waals surface area contributed by atoms with Crippen molar-refractivity contribution in [3.8, 4) is 28.5 Å². The summed E-state index contributed by atoms with van der Waals surface area (Å²) in [6.45, 7) is 1.96. The molecule has 1 fully saturated rings. The van der Waals surface area contributed by atoms with E-state index in [4.69, 9.17) is 0 Å². The minimum Gasteiger partial charge on any atom is -0.372 e. The average molecular weight is 524 g/mol. The van der Waals surface area contributed by atoms with Gasteiger partial charge in [0.25, 0.3) is 0 Å². The Hall–Kier alpha value is -4.64. The zero-order valence-electron chi connectivity index (χ0n) is 21.0. The van der Waals surface area contributed by atoms with E-state index >= 15 is 0 Å². The summed E-state index contributed by atoms with van der Waals surface area (Å²) in [5, 5.41) is 18.3. The number of aromatic amines is 1. The van der Waals surface area contributed by atoms with Crippen molar-refractivity contribution in [1.82, 2.24) is 15.2 Å². The second-order valence-electron chi connectivity index (χ2n) is 9.70. The lowest BCUT2D eigenvalue weighted by atomic mass is 9.91. The molecule has 0 radical (unpaired) electrons. The van der Waals surface area contributed by atoms with Crippen molar-refractivity contribution >= 4 is 16.7 Å². The Morgan fingerprint density at radius 1 is 0.846 bits per heavy atom. The van der Waals surface area contributed by atoms with Gasteiger partial charge in [-0.3, -0.25) is 5.10 Å². The van der Waals surface area contributed by atoms with Gasteiger partial charge in [-0.1, -0.05) is 42.5 Å². The van der Waals surface area contributed by atoms with Crippen molar-refractivity contribution < 1.29 is 13.2 Å². The summed E-state index contributed by atoms with van der Waals surface area (Å²) in [6, 6.07) is 21.2. The van der Waals surface area contributed by atoms with E-state index < -0.39 is 23.0 Å². The molecule has 1 N–H and O–H groups in total. The summed E-state index contributed by atoms with van der Waals surface area (Å²) >= 11 is 0. The van der Waals surface area contributed by atoms with Crippen LogP contribution in [0, 0.1) is 28.8 Å². The van der Waals surface area contributed by atoms with Crippen LogP contribution in [0.25, 0.3) is 33.4 Å². The van der Waals surface area contributed by atoms with Crippen molar-refractivity contribution in [2.75, 3.05) is 18.0 Å². The lowest BCUT2D eigenvalue weighted by Crippen LogP contribution is -2.29. The molecular formula is C31H24F3N5. The molecule has 1 aliphatic heterocycles. The van der Waals surface area contributed by atoms with Crippen molar-refractivity contribution in [2.45, 2.75) is 25.7 Å². The van der Waals surface area contributed by atoms with Gasteiger partial charge in [-0.2, -0.15) is 10.4 Å². The maximum Gasteiger partial charge on any atom is 0.182 e. The third-order valence-corrected chi connectivity index (χ3v) is 7.27. The SMILES string of the molecule is N#Cc1c(-c2c(F)ccc(F)c2F)nc2n[nH]c(Cc3ccccc3)c2c1-c1ccc(N2CCCCC2)cc1. The van der Waals surface area contributed by atoms with Crippen LogP contribution in [0.2, 0.25) is 0 Å². The number of nitriles is 1. The van der Waals surface area contributed by atoms with E-state index in [1.54, 1.807) is 0 Å². The lowest BCUT2D eigenvalue weighted by molar-refractivity contribution is 0.498. The molecule has 8 heteroatoms. The molecule has 0 bridgehead atoms. The fourth-order valence-corrected chi connectivity index (χ4v) is 5.36. The maximum atomic E-state index is 15.0. The molecule has 1 aliphatic rings. The van der Waals surface area contributed by atoms with Gasteiger partial charge in [-0.25, -0.2) is 18.2 Å². The fourth-order valence-electron chi connectivity index (χ4n) is 5.36. The predicted octanol–water partition coefficient (Wildman–Crippen LogP) is 7.16. The molecular weight excluding hydrogens is 499 g/mol. The third-order valence-electron chi connectivity index (χ3n) is 7.27. The quantitative estimate of drug-likeness (QED) is 0.248. The monoisotopic (exact) mass is 523 g/mol. The molecule has 1 saturated heterocycles. The summed E-state index contributed by atoms with van der Waals surface area (Å²) in [4.78, 5) is 6.72. The fraction of sp³-hybridized carbons (Fsp3) is 0.194. The number of benzene rings is 3. The first-order chi connectivity index (χ1) is 19.0. The minimum absolute atomic E-state index is 0.0488. The van der Waals surface area contributed by atoms with Crippen LogP contribution in [0.5, 0.6) is 0 Å². The number of rotatable bonds is 5. The first-order valence-corrected chi connectivity index (χ1v) is 12.9. The van der Waals surface area contributed by atoms with Crippen LogP contribution in [0.15, 0.2) is 66.7 Å². The highest BCUT2D eigenvalue weighted by atomic mass is 19.2. The van der Waals surface area contributed by atoms with E-state index in [-0.39, 0.29) is 16.9 Å². The van der Waals surface area contributed by atoms with Gasteiger partial charge in [-0.15, -0.1) is 0 Å². The molecule has 0 aliphatic carbocycles. The number of hydrogen-bond acceptors (Lipinski definition) is 4. The molecule has 0 unspecified atom stereocenters. The number of nitrogens with zero attached hydrogens (tertiary/aromatic N) is 4. The van der Waals surface area contributed by atoms with Crippen LogP contribution >= 0.6 is 0 Å². The Labute approximate surface area is 223 Å². The second-order valence-corrected chi connectivity index (χ2v) is 9.70. The smallest absolute Gasteiger partial charge is 0.182 e. The zero-order chi connectivity index (χ0) is 26.9. The third kappa shape index (κ3) is 4.50. The highest BCUT2D eigenvalue weighted by molar-refractivity contribution is 6.01. The Bertz CT molecular complexity index is 1700. The van der Waals surface area contributed by atoms with Crippen molar-refractivity contribution in [3.63, 3.8) is 0 Å². The molecule has 5 nitrogen and oxygen atoms in total. The summed E-state index contributed by atoms with van der Waals surface area (Å²) < 4.78 is 44.1. The largest absolute Gasteiger partial charge is 0.372 e. The topological polar surface area (TPSA) is 68.6 Å². The molecule has 5 aromatic rings. The maximum absolute atomic E-state index is 15.0. The van der Waals surface area contributed by atoms with Gasteiger partial charge >= 0.3 is 0 Å². The number of piperidine rings is 1. The van der Waals surface area contributed by atoms with Crippen LogP contribution in [0.4, 0.5) is 18.9 Å². The molecule has 0 saturated carbocycles. The van der Waals surface area contributed by atoms with E-state index in [1.807, 2.05) is 54.6 Å². The van der Waals surface area contributed by atoms with Gasteiger partial charge in [0.05, 0.1) is 22.2 Å². The number of nitrogens with one attached hydrogen (secondary N) is 1. The average Bonchev–Trinajstić information content (AvgIpc) is 3.37. The van der Waals surface area contributed by atoms with Crippen molar-refractivity contribution in [3.05, 3.63) is 101 Å². The number of hydrogen-bond donors (Lipinski definition) is 1. The highest BCUT2D eigenvalue weighted by Gasteiger charge is 2.27. The van der Waals surface area contributed by atoms with Crippen LogP contribution < -0.4 is 4.90 Å². The van der Waals surface area contributed by atoms with Gasteiger partial charge in [0.15, 0.2) is 17.3 Å². The van der Waals surface area contributed by atoms with Crippen LogP contribution in [-0.2, 0) is 6.42 Å². The minimum atomic E-state index is -1.40. The van der Waals surface area contributed by atoms with Gasteiger partial charge in [0.1, 0.15) is 11.9 Å². The molecule has 194 valence electrons.